The van der Waals surface area contributed by atoms with Crippen LogP contribution in [-0.2, 0) is 0 Å². The molecule has 0 saturated carbocycles. The highest BCUT2D eigenvalue weighted by atomic mass is 32.1. The quantitative estimate of drug-likeness (QED) is 0.872. The lowest BCUT2D eigenvalue weighted by atomic mass is 10.1. The minimum atomic E-state index is 0.327. The molecule has 96 valence electrons. The van der Waals surface area contributed by atoms with Gasteiger partial charge in [-0.25, -0.2) is 0 Å². The molecule has 1 unspecified atom stereocenters. The molecular formula is C15H19NOS. The van der Waals surface area contributed by atoms with Crippen molar-refractivity contribution in [1.29, 1.82) is 0 Å². The van der Waals surface area contributed by atoms with E-state index in [9.17, 15) is 0 Å². The predicted octanol–water partition coefficient (Wildman–Crippen LogP) is 4.17. The summed E-state index contributed by atoms with van der Waals surface area (Å²) in [5.41, 5.74) is 1.28. The van der Waals surface area contributed by atoms with Crippen molar-refractivity contribution in [3.8, 4) is 5.75 Å². The van der Waals surface area contributed by atoms with Gasteiger partial charge in [0.05, 0.1) is 7.11 Å². The maximum Gasteiger partial charge on any atom is 0.118 e. The Bertz CT molecular complexity index is 464. The summed E-state index contributed by atoms with van der Waals surface area (Å²) in [6, 6.07) is 13.2. The van der Waals surface area contributed by atoms with Crippen LogP contribution in [0.2, 0.25) is 0 Å². The molecule has 0 fully saturated rings. The van der Waals surface area contributed by atoms with Gasteiger partial charge in [-0.3, -0.25) is 0 Å². The van der Waals surface area contributed by atoms with Crippen LogP contribution in [0.25, 0.3) is 0 Å². The van der Waals surface area contributed by atoms with Gasteiger partial charge in [-0.2, -0.15) is 0 Å². The first kappa shape index (κ1) is 13.1. The minimum Gasteiger partial charge on any atom is -0.497 e. The number of hydrogen-bond donors (Lipinski definition) is 1. The van der Waals surface area contributed by atoms with Gasteiger partial charge < -0.3 is 10.1 Å². The van der Waals surface area contributed by atoms with Gasteiger partial charge >= 0.3 is 0 Å². The number of nitrogens with one attached hydrogen (secondary N) is 1. The lowest BCUT2D eigenvalue weighted by molar-refractivity contribution is 0.414. The second-order valence-corrected chi connectivity index (χ2v) is 5.38. The normalized spacial score (nSPS) is 14.2. The minimum absolute atomic E-state index is 0.327. The van der Waals surface area contributed by atoms with E-state index in [4.69, 9.17) is 4.74 Å². The summed E-state index contributed by atoms with van der Waals surface area (Å²) in [4.78, 5) is 1.37. The van der Waals surface area contributed by atoms with E-state index in [1.807, 2.05) is 12.1 Å². The van der Waals surface area contributed by atoms with Crippen molar-refractivity contribution >= 4 is 11.3 Å². The molecule has 18 heavy (non-hydrogen) atoms. The van der Waals surface area contributed by atoms with Crippen LogP contribution in [0.4, 0.5) is 0 Å². The molecule has 2 atom stereocenters. The second-order valence-electron chi connectivity index (χ2n) is 4.40. The molecule has 2 aromatic rings. The fraction of sp³-hybridized carbons (Fsp3) is 0.333. The molecule has 1 N–H and O–H groups in total. The Hall–Kier alpha value is -1.32. The van der Waals surface area contributed by atoms with Crippen LogP contribution in [0, 0.1) is 0 Å². The maximum absolute atomic E-state index is 5.17. The van der Waals surface area contributed by atoms with E-state index in [0.717, 1.165) is 5.75 Å². The van der Waals surface area contributed by atoms with E-state index >= 15 is 0 Å². The molecule has 1 aromatic carbocycles. The lowest BCUT2D eigenvalue weighted by Gasteiger charge is -2.19. The first-order valence-electron chi connectivity index (χ1n) is 6.14. The summed E-state index contributed by atoms with van der Waals surface area (Å²) in [6.07, 6.45) is 0. The fourth-order valence-corrected chi connectivity index (χ4v) is 2.73. The smallest absolute Gasteiger partial charge is 0.118 e. The van der Waals surface area contributed by atoms with Crippen LogP contribution in [0.1, 0.15) is 36.4 Å². The zero-order chi connectivity index (χ0) is 13.0. The van der Waals surface area contributed by atoms with Gasteiger partial charge in [0.2, 0.25) is 0 Å². The molecule has 2 nitrogen and oxygen atoms in total. The number of hydrogen-bond acceptors (Lipinski definition) is 3. The molecule has 0 saturated heterocycles. The predicted molar refractivity (Wildman–Crippen MR) is 77.3 cm³/mol. The van der Waals surface area contributed by atoms with Gasteiger partial charge in [-0.05, 0) is 43.0 Å². The summed E-state index contributed by atoms with van der Waals surface area (Å²) in [5.74, 6) is 0.900. The molecule has 0 aliphatic heterocycles. The molecule has 2 rings (SSSR count). The first-order valence-corrected chi connectivity index (χ1v) is 7.02. The number of thiophene rings is 1. The van der Waals surface area contributed by atoms with Crippen molar-refractivity contribution in [3.63, 3.8) is 0 Å². The van der Waals surface area contributed by atoms with Gasteiger partial charge in [-0.1, -0.05) is 18.2 Å². The number of ether oxygens (including phenoxy) is 1. The largest absolute Gasteiger partial charge is 0.497 e. The van der Waals surface area contributed by atoms with E-state index in [1.54, 1.807) is 18.4 Å². The molecule has 0 aliphatic carbocycles. The van der Waals surface area contributed by atoms with Crippen LogP contribution in [0.5, 0.6) is 5.75 Å². The third-order valence-corrected chi connectivity index (χ3v) is 4.14. The summed E-state index contributed by atoms with van der Waals surface area (Å²) in [7, 11) is 1.69. The van der Waals surface area contributed by atoms with Gasteiger partial charge in [-0.15, -0.1) is 11.3 Å². The maximum atomic E-state index is 5.17. The van der Waals surface area contributed by atoms with Crippen LogP contribution in [0.15, 0.2) is 41.8 Å². The van der Waals surface area contributed by atoms with Gasteiger partial charge in [0.15, 0.2) is 0 Å². The second kappa shape index (κ2) is 6.03. The molecule has 1 heterocycles. The third kappa shape index (κ3) is 3.12. The Morgan fingerprint density at radius 1 is 1.06 bits per heavy atom. The van der Waals surface area contributed by atoms with Crippen LogP contribution < -0.4 is 10.1 Å². The fourth-order valence-electron chi connectivity index (χ4n) is 1.98. The van der Waals surface area contributed by atoms with Crippen molar-refractivity contribution < 1.29 is 4.74 Å². The average Bonchev–Trinajstić information content (AvgIpc) is 2.92. The Balaban J connectivity index is 2.00. The number of rotatable bonds is 5. The van der Waals surface area contributed by atoms with Crippen molar-refractivity contribution in [3.05, 3.63) is 52.2 Å². The lowest BCUT2D eigenvalue weighted by Crippen LogP contribution is -2.21. The molecule has 0 amide bonds. The van der Waals surface area contributed by atoms with Crippen LogP contribution in [-0.4, -0.2) is 7.11 Å². The van der Waals surface area contributed by atoms with E-state index in [1.165, 1.54) is 10.4 Å². The monoisotopic (exact) mass is 261 g/mol. The summed E-state index contributed by atoms with van der Waals surface area (Å²) in [6.45, 7) is 4.39. The van der Waals surface area contributed by atoms with Gasteiger partial charge in [0.25, 0.3) is 0 Å². The zero-order valence-electron chi connectivity index (χ0n) is 11.0. The average molecular weight is 261 g/mol. The number of benzene rings is 1. The molecule has 0 aliphatic rings. The molecule has 0 spiro atoms. The zero-order valence-corrected chi connectivity index (χ0v) is 11.8. The standard InChI is InChI=1S/C15H19NOS/c1-11(13-6-8-14(17-3)9-7-13)16-12(2)15-5-4-10-18-15/h4-12,16H,1-3H3/t11-,12?/m1/s1. The highest BCUT2D eigenvalue weighted by molar-refractivity contribution is 7.10. The highest BCUT2D eigenvalue weighted by Crippen LogP contribution is 2.23. The Morgan fingerprint density at radius 3 is 2.33 bits per heavy atom. The molecule has 1 aromatic heterocycles. The van der Waals surface area contributed by atoms with Crippen molar-refractivity contribution in [2.75, 3.05) is 7.11 Å². The summed E-state index contributed by atoms with van der Waals surface area (Å²) < 4.78 is 5.17. The molecule has 0 bridgehead atoms. The van der Waals surface area contributed by atoms with E-state index < -0.39 is 0 Å². The van der Waals surface area contributed by atoms with Crippen molar-refractivity contribution in [1.82, 2.24) is 5.32 Å². The molecular weight excluding hydrogens is 242 g/mol. The van der Waals surface area contributed by atoms with Crippen LogP contribution >= 0.6 is 11.3 Å². The SMILES string of the molecule is COc1ccc([C@@H](C)NC(C)c2cccs2)cc1. The highest BCUT2D eigenvalue weighted by Gasteiger charge is 2.11. The molecule has 3 heteroatoms. The van der Waals surface area contributed by atoms with Crippen molar-refractivity contribution in [2.24, 2.45) is 0 Å². The first-order chi connectivity index (χ1) is 8.70. The van der Waals surface area contributed by atoms with Gasteiger partial charge in [0.1, 0.15) is 5.75 Å². The van der Waals surface area contributed by atoms with E-state index in [2.05, 4.69) is 48.8 Å². The van der Waals surface area contributed by atoms with Crippen LogP contribution in [0.3, 0.4) is 0 Å². The summed E-state index contributed by atoms with van der Waals surface area (Å²) in [5, 5.41) is 5.72. The summed E-state index contributed by atoms with van der Waals surface area (Å²) >= 11 is 1.79. The Morgan fingerprint density at radius 2 is 1.78 bits per heavy atom. The Labute approximate surface area is 113 Å². The van der Waals surface area contributed by atoms with E-state index in [0.29, 0.717) is 12.1 Å². The third-order valence-electron chi connectivity index (χ3n) is 3.09. The van der Waals surface area contributed by atoms with E-state index in [-0.39, 0.29) is 0 Å². The van der Waals surface area contributed by atoms with Crippen molar-refractivity contribution in [2.45, 2.75) is 25.9 Å². The van der Waals surface area contributed by atoms with Gasteiger partial charge in [0, 0.05) is 17.0 Å². The molecule has 0 radical (unpaired) electrons. The number of methoxy groups -OCH3 is 1. The Kier molecular flexibility index (Phi) is 4.39. The topological polar surface area (TPSA) is 21.3 Å².